The van der Waals surface area contributed by atoms with E-state index in [4.69, 9.17) is 4.99 Å². The minimum atomic E-state index is -0.532. The first kappa shape index (κ1) is 20.3. The summed E-state index contributed by atoms with van der Waals surface area (Å²) in [5.41, 5.74) is 0. The van der Waals surface area contributed by atoms with Crippen molar-refractivity contribution >= 4 is 34.8 Å². The molecule has 6 atom stereocenters. The van der Waals surface area contributed by atoms with Gasteiger partial charge in [-0.1, -0.05) is 18.2 Å². The topological polar surface area (TPSA) is 89.7 Å². The highest BCUT2D eigenvalue weighted by molar-refractivity contribution is 8.16. The van der Waals surface area contributed by atoms with E-state index >= 15 is 0 Å². The maximum atomic E-state index is 12.8. The standard InChI is InChI=1S/C20H31N5O2S2/c1-20(10-12-4-6-25(7-5-12)17(26)16-11-28-24-23-16)18(27)22-19(29-20)21-15-9-13-2-3-14(15)8-13/h12-17,26H,2-11H2,1H3,(H,21,22,27)/t13-,14?,15+,16-,17?,20?/m1/s1. The summed E-state index contributed by atoms with van der Waals surface area (Å²) < 4.78 is 3.52. The van der Waals surface area contributed by atoms with Crippen molar-refractivity contribution in [1.82, 2.24) is 10.2 Å². The van der Waals surface area contributed by atoms with E-state index in [9.17, 15) is 9.90 Å². The molecule has 160 valence electrons. The fraction of sp³-hybridized carbons (Fsp3) is 0.900. The van der Waals surface area contributed by atoms with Gasteiger partial charge < -0.3 is 10.4 Å². The molecule has 2 saturated carbocycles. The van der Waals surface area contributed by atoms with Crippen molar-refractivity contribution in [2.24, 2.45) is 32.4 Å². The lowest BCUT2D eigenvalue weighted by atomic mass is 9.86. The summed E-state index contributed by atoms with van der Waals surface area (Å²) in [6, 6.07) is 0.324. The first-order valence-corrected chi connectivity index (χ1v) is 12.8. The van der Waals surface area contributed by atoms with Gasteiger partial charge in [0.1, 0.15) is 12.3 Å². The average molecular weight is 438 g/mol. The van der Waals surface area contributed by atoms with Crippen LogP contribution in [0.5, 0.6) is 0 Å². The van der Waals surface area contributed by atoms with Gasteiger partial charge in [-0.25, -0.2) is 0 Å². The molecule has 7 nitrogen and oxygen atoms in total. The molecular weight excluding hydrogens is 406 g/mol. The Bertz CT molecular complexity index is 711. The highest BCUT2D eigenvalue weighted by atomic mass is 32.2. The molecule has 0 aromatic heterocycles. The maximum absolute atomic E-state index is 12.8. The summed E-state index contributed by atoms with van der Waals surface area (Å²) in [4.78, 5) is 19.9. The minimum Gasteiger partial charge on any atom is -0.376 e. The minimum absolute atomic E-state index is 0.102. The van der Waals surface area contributed by atoms with Crippen molar-refractivity contribution in [3.8, 4) is 0 Å². The smallest absolute Gasteiger partial charge is 0.242 e. The molecule has 4 fully saturated rings. The van der Waals surface area contributed by atoms with Gasteiger partial charge in [0.15, 0.2) is 5.17 Å². The Balaban J connectivity index is 1.14. The molecule has 3 heterocycles. The fourth-order valence-corrected chi connectivity index (χ4v) is 7.69. The maximum Gasteiger partial charge on any atom is 0.242 e. The number of likely N-dealkylation sites (tertiary alicyclic amines) is 1. The van der Waals surface area contributed by atoms with Crippen LogP contribution >= 0.6 is 23.7 Å². The summed E-state index contributed by atoms with van der Waals surface area (Å²) in [6.07, 6.45) is 7.60. The molecular formula is C20H31N5O2S2. The largest absolute Gasteiger partial charge is 0.376 e. The number of aliphatic hydroxyl groups is 1. The lowest BCUT2D eigenvalue weighted by molar-refractivity contribution is -0.121. The second kappa shape index (κ2) is 8.13. The molecule has 5 rings (SSSR count). The number of fused-ring (bicyclic) bond motifs is 2. The molecule has 5 aliphatic rings. The highest BCUT2D eigenvalue weighted by Gasteiger charge is 2.46. The van der Waals surface area contributed by atoms with Gasteiger partial charge in [0, 0.05) is 18.8 Å². The van der Waals surface area contributed by atoms with Crippen LogP contribution in [0.2, 0.25) is 0 Å². The Hall–Kier alpha value is -0.640. The van der Waals surface area contributed by atoms with Crippen molar-refractivity contribution in [2.45, 2.75) is 74.9 Å². The number of nitrogens with one attached hydrogen (secondary N) is 1. The van der Waals surface area contributed by atoms with Gasteiger partial charge in [0.25, 0.3) is 0 Å². The zero-order chi connectivity index (χ0) is 20.0. The van der Waals surface area contributed by atoms with Crippen molar-refractivity contribution in [2.75, 3.05) is 18.8 Å². The third-order valence-corrected chi connectivity index (χ3v) is 9.45. The number of carbonyl (C=O) groups excluding carboxylic acids is 1. The van der Waals surface area contributed by atoms with Crippen LogP contribution < -0.4 is 5.32 Å². The zero-order valence-corrected chi connectivity index (χ0v) is 18.6. The third kappa shape index (κ3) is 4.12. The predicted octanol–water partition coefficient (Wildman–Crippen LogP) is 3.06. The van der Waals surface area contributed by atoms with Gasteiger partial charge >= 0.3 is 0 Å². The average Bonchev–Trinajstić information content (AvgIpc) is 3.48. The lowest BCUT2D eigenvalue weighted by Crippen LogP contribution is -2.48. The van der Waals surface area contributed by atoms with Gasteiger partial charge in [0.2, 0.25) is 5.91 Å². The van der Waals surface area contributed by atoms with Crippen molar-refractivity contribution < 1.29 is 9.90 Å². The van der Waals surface area contributed by atoms with Crippen molar-refractivity contribution in [3.05, 3.63) is 0 Å². The number of piperidine rings is 1. The van der Waals surface area contributed by atoms with E-state index in [0.717, 1.165) is 55.1 Å². The van der Waals surface area contributed by atoms with Crippen LogP contribution in [0, 0.1) is 17.8 Å². The van der Waals surface area contributed by atoms with Gasteiger partial charge in [-0.05, 0) is 75.2 Å². The van der Waals surface area contributed by atoms with Crippen LogP contribution in [-0.2, 0) is 4.79 Å². The van der Waals surface area contributed by atoms with Gasteiger partial charge in [-0.15, -0.1) is 4.52 Å². The summed E-state index contributed by atoms with van der Waals surface area (Å²) in [5.74, 6) is 3.00. The molecule has 29 heavy (non-hydrogen) atoms. The highest BCUT2D eigenvalue weighted by Crippen LogP contribution is 2.47. The van der Waals surface area contributed by atoms with Gasteiger partial charge in [0.05, 0.1) is 10.8 Å². The Kier molecular flexibility index (Phi) is 5.68. The van der Waals surface area contributed by atoms with E-state index < -0.39 is 11.0 Å². The first-order valence-electron chi connectivity index (χ1n) is 11.0. The molecule has 1 amide bonds. The van der Waals surface area contributed by atoms with Crippen LogP contribution in [0.3, 0.4) is 0 Å². The fourth-order valence-electron chi connectivity index (χ4n) is 5.83. The number of carbonyl (C=O) groups is 1. The van der Waals surface area contributed by atoms with Gasteiger partial charge in [-0.2, -0.15) is 5.11 Å². The van der Waals surface area contributed by atoms with E-state index in [1.165, 1.54) is 37.6 Å². The van der Waals surface area contributed by atoms with E-state index in [1.807, 2.05) is 0 Å². The van der Waals surface area contributed by atoms with E-state index in [-0.39, 0.29) is 11.9 Å². The number of nitrogens with zero attached hydrogens (tertiary/aromatic N) is 4. The summed E-state index contributed by atoms with van der Waals surface area (Å²) >= 11 is 3.08. The van der Waals surface area contributed by atoms with Crippen LogP contribution in [0.25, 0.3) is 0 Å². The SMILES string of the molecule is CC1(CC2CCN(C(O)[C@H]3CSN=N3)CC2)SC(=N[C@H]2C[C@@H]3CCC2C3)NC1=O. The summed E-state index contributed by atoms with van der Waals surface area (Å²) in [5, 5.41) is 18.6. The number of amides is 1. The molecule has 9 heteroatoms. The quantitative estimate of drug-likeness (QED) is 0.645. The summed E-state index contributed by atoms with van der Waals surface area (Å²) in [6.45, 7) is 3.79. The summed E-state index contributed by atoms with van der Waals surface area (Å²) in [7, 11) is 0. The number of aliphatic imine (C=N–C) groups is 1. The second-order valence-corrected chi connectivity index (χ2v) is 11.9. The molecule has 2 bridgehead atoms. The number of amidine groups is 1. The number of hydrogen-bond donors (Lipinski definition) is 2. The molecule has 2 aliphatic carbocycles. The van der Waals surface area contributed by atoms with Crippen LogP contribution in [0.4, 0.5) is 0 Å². The molecule has 0 radical (unpaired) electrons. The molecule has 0 aromatic carbocycles. The zero-order valence-electron chi connectivity index (χ0n) is 17.0. The monoisotopic (exact) mass is 437 g/mol. The Morgan fingerprint density at radius 2 is 2.14 bits per heavy atom. The Morgan fingerprint density at radius 1 is 1.31 bits per heavy atom. The first-order chi connectivity index (χ1) is 14.0. The van der Waals surface area contributed by atoms with Crippen molar-refractivity contribution in [1.29, 1.82) is 0 Å². The van der Waals surface area contributed by atoms with Crippen molar-refractivity contribution in [3.63, 3.8) is 0 Å². The predicted molar refractivity (Wildman–Crippen MR) is 117 cm³/mol. The van der Waals surface area contributed by atoms with Crippen LogP contribution in [-0.4, -0.2) is 63.0 Å². The normalized spacial score (nSPS) is 42.8. The molecule has 2 saturated heterocycles. The van der Waals surface area contributed by atoms with E-state index in [2.05, 4.69) is 26.8 Å². The number of rotatable bonds is 5. The van der Waals surface area contributed by atoms with E-state index in [0.29, 0.717) is 12.0 Å². The number of aliphatic hydroxyl groups excluding tert-OH is 1. The third-order valence-electron chi connectivity index (χ3n) is 7.55. The van der Waals surface area contributed by atoms with E-state index in [1.54, 1.807) is 11.8 Å². The molecule has 3 unspecified atom stereocenters. The lowest BCUT2D eigenvalue weighted by Gasteiger charge is -2.37. The number of thioether (sulfide) groups is 1. The Labute approximate surface area is 181 Å². The van der Waals surface area contributed by atoms with Gasteiger partial charge in [-0.3, -0.25) is 14.7 Å². The number of hydrogen-bond acceptors (Lipinski definition) is 8. The second-order valence-electron chi connectivity index (χ2n) is 9.62. The molecule has 0 spiro atoms. The van der Waals surface area contributed by atoms with Crippen LogP contribution in [0.15, 0.2) is 14.6 Å². The Morgan fingerprint density at radius 3 is 2.79 bits per heavy atom. The van der Waals surface area contributed by atoms with Crippen LogP contribution in [0.1, 0.15) is 51.9 Å². The molecule has 3 aliphatic heterocycles. The molecule has 0 aromatic rings. The molecule has 2 N–H and O–H groups in total.